The molecule has 4 nitrogen and oxygen atoms in total. The van der Waals surface area contributed by atoms with Crippen LogP contribution in [0.3, 0.4) is 0 Å². The summed E-state index contributed by atoms with van der Waals surface area (Å²) < 4.78 is 43.7. The van der Waals surface area contributed by atoms with Crippen molar-refractivity contribution in [3.05, 3.63) is 70.4 Å². The number of H-pyrrole nitrogens is 1. The van der Waals surface area contributed by atoms with E-state index in [2.05, 4.69) is 10.3 Å². The number of halogens is 4. The number of carbonyl (C=O) groups excluding carboxylic acids is 1. The van der Waals surface area contributed by atoms with Crippen molar-refractivity contribution in [1.29, 1.82) is 0 Å². The second kappa shape index (κ2) is 7.62. The molecule has 2 aromatic carbocycles. The normalized spacial score (nSPS) is 12.9. The van der Waals surface area contributed by atoms with Crippen molar-refractivity contribution in [2.24, 2.45) is 0 Å². The van der Waals surface area contributed by atoms with Gasteiger partial charge in [-0.1, -0.05) is 29.8 Å². The Bertz CT molecular complexity index is 969. The Morgan fingerprint density at radius 2 is 2.00 bits per heavy atom. The predicted molar refractivity (Wildman–Crippen MR) is 96.8 cm³/mol. The Balaban J connectivity index is 1.85. The molecule has 1 atom stereocenters. The Hall–Kier alpha value is -2.51. The lowest BCUT2D eigenvalue weighted by Crippen LogP contribution is -2.31. The van der Waals surface area contributed by atoms with E-state index >= 15 is 0 Å². The molecular weight excluding hydrogens is 381 g/mol. The van der Waals surface area contributed by atoms with E-state index in [1.165, 1.54) is 19.2 Å². The molecule has 0 radical (unpaired) electrons. The summed E-state index contributed by atoms with van der Waals surface area (Å²) in [4.78, 5) is 15.3. The van der Waals surface area contributed by atoms with Crippen molar-refractivity contribution in [3.63, 3.8) is 0 Å². The van der Waals surface area contributed by atoms with Gasteiger partial charge in [0.05, 0.1) is 18.2 Å². The highest BCUT2D eigenvalue weighted by atomic mass is 35.5. The fourth-order valence-electron chi connectivity index (χ4n) is 2.77. The summed E-state index contributed by atoms with van der Waals surface area (Å²) in [5.41, 5.74) is 0.377. The molecule has 3 aromatic rings. The molecule has 0 spiro atoms. The number of nitrogens with one attached hydrogen (secondary N) is 2. The number of fused-ring (bicyclic) bond motifs is 1. The van der Waals surface area contributed by atoms with Crippen LogP contribution in [0.4, 0.5) is 13.2 Å². The van der Waals surface area contributed by atoms with Crippen LogP contribution in [0.5, 0.6) is 0 Å². The molecule has 1 heterocycles. The number of alkyl halides is 3. The average molecular weight is 397 g/mol. The van der Waals surface area contributed by atoms with Gasteiger partial charge in [-0.15, -0.1) is 0 Å². The van der Waals surface area contributed by atoms with E-state index < -0.39 is 23.7 Å². The molecule has 1 unspecified atom stereocenters. The minimum Gasteiger partial charge on any atom is -0.382 e. The number of rotatable bonds is 5. The van der Waals surface area contributed by atoms with E-state index in [9.17, 15) is 18.0 Å². The third-order valence-corrected chi connectivity index (χ3v) is 4.32. The molecule has 1 aromatic heterocycles. The molecule has 0 saturated heterocycles. The second-order valence-corrected chi connectivity index (χ2v) is 6.46. The molecule has 0 bridgehead atoms. The van der Waals surface area contributed by atoms with Gasteiger partial charge in [-0.3, -0.25) is 4.79 Å². The van der Waals surface area contributed by atoms with Gasteiger partial charge in [0, 0.05) is 23.0 Å². The highest BCUT2D eigenvalue weighted by Crippen LogP contribution is 2.31. The van der Waals surface area contributed by atoms with Crippen LogP contribution in [-0.2, 0) is 10.9 Å². The zero-order valence-electron chi connectivity index (χ0n) is 14.2. The molecular formula is C19H16ClF3N2O2. The number of ether oxygens (including phenoxy) is 1. The van der Waals surface area contributed by atoms with E-state index in [1.54, 1.807) is 24.3 Å². The average Bonchev–Trinajstić information content (AvgIpc) is 3.04. The molecule has 142 valence electrons. The Labute approximate surface area is 158 Å². The molecule has 0 aliphatic heterocycles. The number of aromatic amines is 1. The third-order valence-electron chi connectivity index (χ3n) is 4.08. The molecule has 8 heteroatoms. The summed E-state index contributed by atoms with van der Waals surface area (Å²) >= 11 is 6.00. The molecule has 0 saturated carbocycles. The number of aromatic nitrogens is 1. The molecule has 2 N–H and O–H groups in total. The zero-order chi connectivity index (χ0) is 19.6. The highest BCUT2D eigenvalue weighted by Gasteiger charge is 2.30. The summed E-state index contributed by atoms with van der Waals surface area (Å²) in [6.07, 6.45) is -4.45. The zero-order valence-corrected chi connectivity index (χ0v) is 15.0. The Kier molecular flexibility index (Phi) is 5.43. The van der Waals surface area contributed by atoms with Crippen molar-refractivity contribution in [1.82, 2.24) is 10.3 Å². The monoisotopic (exact) mass is 396 g/mol. The predicted octanol–water partition coefficient (Wildman–Crippen LogP) is 4.96. The van der Waals surface area contributed by atoms with Crippen molar-refractivity contribution in [2.45, 2.75) is 12.2 Å². The molecule has 27 heavy (non-hydrogen) atoms. The van der Waals surface area contributed by atoms with Gasteiger partial charge in [0.15, 0.2) is 0 Å². The van der Waals surface area contributed by atoms with Gasteiger partial charge >= 0.3 is 6.18 Å². The van der Waals surface area contributed by atoms with Gasteiger partial charge < -0.3 is 15.0 Å². The second-order valence-electron chi connectivity index (χ2n) is 6.02. The smallest absolute Gasteiger partial charge is 0.382 e. The lowest BCUT2D eigenvalue weighted by Gasteiger charge is -2.18. The van der Waals surface area contributed by atoms with Crippen LogP contribution >= 0.6 is 11.6 Å². The van der Waals surface area contributed by atoms with E-state index in [4.69, 9.17) is 16.3 Å². The summed E-state index contributed by atoms with van der Waals surface area (Å²) in [6.45, 7) is 0.213. The topological polar surface area (TPSA) is 54.1 Å². The van der Waals surface area contributed by atoms with Gasteiger partial charge in [0.25, 0.3) is 5.91 Å². The maximum atomic E-state index is 12.8. The number of hydrogen-bond donors (Lipinski definition) is 2. The van der Waals surface area contributed by atoms with Crippen LogP contribution in [0.1, 0.15) is 27.7 Å². The Morgan fingerprint density at radius 3 is 2.67 bits per heavy atom. The third kappa shape index (κ3) is 4.43. The SMILES string of the molecule is COCC(NC(=O)c1cc2ccc(C(F)(F)F)cc2[nH]1)c1cccc(Cl)c1. The number of benzene rings is 2. The van der Waals surface area contributed by atoms with E-state index in [-0.39, 0.29) is 17.8 Å². The van der Waals surface area contributed by atoms with Gasteiger partial charge in [-0.2, -0.15) is 13.2 Å². The van der Waals surface area contributed by atoms with Crippen molar-refractivity contribution in [3.8, 4) is 0 Å². The van der Waals surface area contributed by atoms with Crippen LogP contribution in [0, 0.1) is 0 Å². The molecule has 3 rings (SSSR count). The standard InChI is InChI=1S/C19H16ClF3N2O2/c1-27-10-17(11-3-2-4-14(20)7-11)25-18(26)16-8-12-5-6-13(19(21,22)23)9-15(12)24-16/h2-9,17,24H,10H2,1H3,(H,25,26). The first kappa shape index (κ1) is 19.3. The van der Waals surface area contributed by atoms with Gasteiger partial charge in [0.2, 0.25) is 0 Å². The maximum Gasteiger partial charge on any atom is 0.416 e. The molecule has 0 fully saturated rings. The van der Waals surface area contributed by atoms with Crippen LogP contribution in [0.15, 0.2) is 48.5 Å². The minimum absolute atomic E-state index is 0.160. The minimum atomic E-state index is -4.45. The molecule has 0 aliphatic rings. The number of hydrogen-bond acceptors (Lipinski definition) is 2. The largest absolute Gasteiger partial charge is 0.416 e. The fourth-order valence-corrected chi connectivity index (χ4v) is 2.97. The van der Waals surface area contributed by atoms with E-state index in [0.717, 1.165) is 17.7 Å². The first-order valence-electron chi connectivity index (χ1n) is 8.03. The van der Waals surface area contributed by atoms with Gasteiger partial charge in [-0.25, -0.2) is 0 Å². The molecule has 1 amide bonds. The lowest BCUT2D eigenvalue weighted by molar-refractivity contribution is -0.137. The van der Waals surface area contributed by atoms with Crippen molar-refractivity contribution >= 4 is 28.4 Å². The Morgan fingerprint density at radius 1 is 1.22 bits per heavy atom. The first-order chi connectivity index (χ1) is 12.8. The van der Waals surface area contributed by atoms with Crippen molar-refractivity contribution in [2.75, 3.05) is 13.7 Å². The number of carbonyl (C=O) groups is 1. The van der Waals surface area contributed by atoms with Gasteiger partial charge in [-0.05, 0) is 35.9 Å². The first-order valence-corrected chi connectivity index (χ1v) is 8.41. The quantitative estimate of drug-likeness (QED) is 0.640. The van der Waals surface area contributed by atoms with E-state index in [0.29, 0.717) is 10.4 Å². The summed E-state index contributed by atoms with van der Waals surface area (Å²) in [7, 11) is 1.51. The summed E-state index contributed by atoms with van der Waals surface area (Å²) in [5, 5.41) is 3.84. The van der Waals surface area contributed by atoms with E-state index in [1.807, 2.05) is 0 Å². The van der Waals surface area contributed by atoms with Crippen LogP contribution < -0.4 is 5.32 Å². The number of methoxy groups -OCH3 is 1. The summed E-state index contributed by atoms with van der Waals surface area (Å²) in [5.74, 6) is -0.457. The molecule has 0 aliphatic carbocycles. The number of amides is 1. The van der Waals surface area contributed by atoms with Gasteiger partial charge in [0.1, 0.15) is 5.69 Å². The fraction of sp³-hybridized carbons (Fsp3) is 0.211. The van der Waals surface area contributed by atoms with Crippen LogP contribution in [0.2, 0.25) is 5.02 Å². The summed E-state index contributed by atoms with van der Waals surface area (Å²) in [6, 6.07) is 11.3. The lowest BCUT2D eigenvalue weighted by atomic mass is 10.1. The maximum absolute atomic E-state index is 12.8. The highest BCUT2D eigenvalue weighted by molar-refractivity contribution is 6.30. The van der Waals surface area contributed by atoms with Crippen LogP contribution in [-0.4, -0.2) is 24.6 Å². The van der Waals surface area contributed by atoms with Crippen molar-refractivity contribution < 1.29 is 22.7 Å². The van der Waals surface area contributed by atoms with Crippen LogP contribution in [0.25, 0.3) is 10.9 Å².